The first-order chi connectivity index (χ1) is 10.8. The number of carbonyl (C=O) groups excluding carboxylic acids is 1. The molecule has 22 heavy (non-hydrogen) atoms. The Morgan fingerprint density at radius 1 is 1.05 bits per heavy atom. The zero-order valence-corrected chi connectivity index (χ0v) is 12.8. The first kappa shape index (κ1) is 13.3. The summed E-state index contributed by atoms with van der Waals surface area (Å²) in [6.07, 6.45) is 1.41. The summed E-state index contributed by atoms with van der Waals surface area (Å²) in [6, 6.07) is 16.7. The molecule has 1 amide bonds. The molecule has 1 aromatic heterocycles. The van der Waals surface area contributed by atoms with E-state index in [1.807, 2.05) is 22.9 Å². The van der Waals surface area contributed by atoms with Crippen LogP contribution in [0.1, 0.15) is 16.7 Å². The molecule has 1 aliphatic rings. The van der Waals surface area contributed by atoms with Gasteiger partial charge < -0.3 is 5.32 Å². The van der Waals surface area contributed by atoms with E-state index in [9.17, 15) is 4.79 Å². The fraction of sp³-hybridized carbons (Fsp3) is 0.105. The van der Waals surface area contributed by atoms with E-state index in [-0.39, 0.29) is 5.91 Å². The highest BCUT2D eigenvalue weighted by Gasteiger charge is 2.18. The summed E-state index contributed by atoms with van der Waals surface area (Å²) < 4.78 is 0. The van der Waals surface area contributed by atoms with Crippen LogP contribution in [0.3, 0.4) is 0 Å². The Bertz CT molecular complexity index is 836. The lowest BCUT2D eigenvalue weighted by Gasteiger charge is -2.07. The standard InChI is InChI=1S/C19H15NOS/c21-19(9-13-7-8-22-12-13)20-16-6-5-15-10-14-3-1-2-4-17(14)18(15)11-16/h1-8,11-12H,9-10H2,(H,20,21). The Balaban J connectivity index is 1.57. The number of rotatable bonds is 3. The zero-order chi connectivity index (χ0) is 14.9. The van der Waals surface area contributed by atoms with E-state index in [4.69, 9.17) is 0 Å². The molecule has 0 unspecified atom stereocenters. The number of nitrogens with one attached hydrogen (secondary N) is 1. The predicted molar refractivity (Wildman–Crippen MR) is 91.3 cm³/mol. The minimum atomic E-state index is 0.0321. The topological polar surface area (TPSA) is 29.1 Å². The highest BCUT2D eigenvalue weighted by molar-refractivity contribution is 7.08. The summed E-state index contributed by atoms with van der Waals surface area (Å²) in [6.45, 7) is 0. The second-order valence-corrected chi connectivity index (χ2v) is 6.34. The minimum Gasteiger partial charge on any atom is -0.326 e. The Hall–Kier alpha value is -2.39. The smallest absolute Gasteiger partial charge is 0.228 e. The molecule has 108 valence electrons. The first-order valence-corrected chi connectivity index (χ1v) is 8.26. The number of fused-ring (bicyclic) bond motifs is 3. The van der Waals surface area contributed by atoms with Crippen molar-refractivity contribution in [2.24, 2.45) is 0 Å². The third kappa shape index (κ3) is 2.44. The second kappa shape index (κ2) is 5.43. The van der Waals surface area contributed by atoms with Gasteiger partial charge in [0, 0.05) is 5.69 Å². The van der Waals surface area contributed by atoms with Crippen molar-refractivity contribution in [1.82, 2.24) is 0 Å². The summed E-state index contributed by atoms with van der Waals surface area (Å²) in [4.78, 5) is 12.1. The molecular formula is C19H15NOS. The highest BCUT2D eigenvalue weighted by atomic mass is 32.1. The zero-order valence-electron chi connectivity index (χ0n) is 12.0. The van der Waals surface area contributed by atoms with Crippen LogP contribution < -0.4 is 5.32 Å². The van der Waals surface area contributed by atoms with Gasteiger partial charge in [-0.1, -0.05) is 30.3 Å². The van der Waals surface area contributed by atoms with Gasteiger partial charge in [0.1, 0.15) is 0 Å². The van der Waals surface area contributed by atoms with Gasteiger partial charge in [0.2, 0.25) is 5.91 Å². The number of carbonyl (C=O) groups is 1. The van der Waals surface area contributed by atoms with E-state index in [1.165, 1.54) is 22.3 Å². The van der Waals surface area contributed by atoms with Crippen molar-refractivity contribution >= 4 is 22.9 Å². The third-order valence-electron chi connectivity index (χ3n) is 4.03. The Kier molecular flexibility index (Phi) is 3.28. The van der Waals surface area contributed by atoms with Crippen LogP contribution in [-0.2, 0) is 17.6 Å². The lowest BCUT2D eigenvalue weighted by atomic mass is 10.1. The average Bonchev–Trinajstić information content (AvgIpc) is 3.14. The number of anilines is 1. The number of hydrogen-bond acceptors (Lipinski definition) is 2. The summed E-state index contributed by atoms with van der Waals surface area (Å²) >= 11 is 1.62. The number of thiophene rings is 1. The maximum Gasteiger partial charge on any atom is 0.228 e. The summed E-state index contributed by atoms with van der Waals surface area (Å²) in [7, 11) is 0. The Morgan fingerprint density at radius 3 is 2.77 bits per heavy atom. The van der Waals surface area contributed by atoms with Crippen molar-refractivity contribution in [3.63, 3.8) is 0 Å². The maximum absolute atomic E-state index is 12.1. The van der Waals surface area contributed by atoms with Crippen LogP contribution >= 0.6 is 11.3 Å². The van der Waals surface area contributed by atoms with E-state index in [1.54, 1.807) is 11.3 Å². The maximum atomic E-state index is 12.1. The van der Waals surface area contributed by atoms with Gasteiger partial charge in [-0.15, -0.1) is 0 Å². The van der Waals surface area contributed by atoms with E-state index in [0.717, 1.165) is 17.7 Å². The second-order valence-electron chi connectivity index (χ2n) is 5.56. The summed E-state index contributed by atoms with van der Waals surface area (Å²) in [5, 5.41) is 7.01. The average molecular weight is 305 g/mol. The molecular weight excluding hydrogens is 290 g/mol. The van der Waals surface area contributed by atoms with Gasteiger partial charge in [-0.25, -0.2) is 0 Å². The molecule has 4 rings (SSSR count). The Labute approximate surface area is 133 Å². The largest absolute Gasteiger partial charge is 0.326 e. The third-order valence-corrected chi connectivity index (χ3v) is 4.76. The van der Waals surface area contributed by atoms with Crippen molar-refractivity contribution in [3.05, 3.63) is 76.0 Å². The van der Waals surface area contributed by atoms with Crippen LogP contribution in [0, 0.1) is 0 Å². The van der Waals surface area contributed by atoms with E-state index < -0.39 is 0 Å². The molecule has 0 bridgehead atoms. The van der Waals surface area contributed by atoms with Crippen LogP contribution in [0.25, 0.3) is 11.1 Å². The van der Waals surface area contributed by atoms with Crippen molar-refractivity contribution in [3.8, 4) is 11.1 Å². The van der Waals surface area contributed by atoms with Gasteiger partial charge in [-0.05, 0) is 63.2 Å². The van der Waals surface area contributed by atoms with Crippen LogP contribution in [0.5, 0.6) is 0 Å². The quantitative estimate of drug-likeness (QED) is 0.593. The van der Waals surface area contributed by atoms with E-state index >= 15 is 0 Å². The summed E-state index contributed by atoms with van der Waals surface area (Å²) in [5.74, 6) is 0.0321. The Morgan fingerprint density at radius 2 is 1.91 bits per heavy atom. The normalized spacial score (nSPS) is 11.8. The van der Waals surface area contributed by atoms with Gasteiger partial charge >= 0.3 is 0 Å². The van der Waals surface area contributed by atoms with Crippen molar-refractivity contribution < 1.29 is 4.79 Å². The fourth-order valence-corrected chi connectivity index (χ4v) is 3.65. The van der Waals surface area contributed by atoms with Gasteiger partial charge in [0.25, 0.3) is 0 Å². The molecule has 0 aliphatic heterocycles. The van der Waals surface area contributed by atoms with Crippen LogP contribution in [0.4, 0.5) is 5.69 Å². The highest BCUT2D eigenvalue weighted by Crippen LogP contribution is 2.37. The van der Waals surface area contributed by atoms with E-state index in [2.05, 4.69) is 41.7 Å². The fourth-order valence-electron chi connectivity index (χ4n) is 2.99. The van der Waals surface area contributed by atoms with Gasteiger partial charge in [-0.3, -0.25) is 4.79 Å². The SMILES string of the molecule is O=C(Cc1ccsc1)Nc1ccc2c(c1)-c1ccccc1C2. The number of amides is 1. The molecule has 0 radical (unpaired) electrons. The molecule has 0 saturated heterocycles. The van der Waals surface area contributed by atoms with Gasteiger partial charge in [0.15, 0.2) is 0 Å². The lowest BCUT2D eigenvalue weighted by molar-refractivity contribution is -0.115. The van der Waals surface area contributed by atoms with Crippen molar-refractivity contribution in [1.29, 1.82) is 0 Å². The molecule has 2 aromatic carbocycles. The number of benzene rings is 2. The summed E-state index contributed by atoms with van der Waals surface area (Å²) in [5.41, 5.74) is 7.15. The van der Waals surface area contributed by atoms with Crippen molar-refractivity contribution in [2.75, 3.05) is 5.32 Å². The van der Waals surface area contributed by atoms with Crippen LogP contribution in [0.2, 0.25) is 0 Å². The minimum absolute atomic E-state index is 0.0321. The molecule has 1 aliphatic carbocycles. The number of hydrogen-bond donors (Lipinski definition) is 1. The molecule has 3 heteroatoms. The predicted octanol–water partition coefficient (Wildman–Crippen LogP) is 4.50. The monoisotopic (exact) mass is 305 g/mol. The molecule has 1 heterocycles. The molecule has 0 atom stereocenters. The first-order valence-electron chi connectivity index (χ1n) is 7.32. The van der Waals surface area contributed by atoms with Crippen LogP contribution in [0.15, 0.2) is 59.3 Å². The molecule has 0 fully saturated rings. The molecule has 1 N–H and O–H groups in total. The molecule has 0 spiro atoms. The van der Waals surface area contributed by atoms with Gasteiger partial charge in [-0.2, -0.15) is 11.3 Å². The van der Waals surface area contributed by atoms with Crippen molar-refractivity contribution in [2.45, 2.75) is 12.8 Å². The lowest BCUT2D eigenvalue weighted by Crippen LogP contribution is -2.13. The van der Waals surface area contributed by atoms with Crippen LogP contribution in [-0.4, -0.2) is 5.91 Å². The molecule has 0 saturated carbocycles. The molecule has 3 aromatic rings. The van der Waals surface area contributed by atoms with Gasteiger partial charge in [0.05, 0.1) is 6.42 Å². The molecule has 2 nitrogen and oxygen atoms in total. The van der Waals surface area contributed by atoms with E-state index in [0.29, 0.717) is 6.42 Å².